The molecule has 1 atom stereocenters. The Balaban J connectivity index is 2.25. The van der Waals surface area contributed by atoms with Gasteiger partial charge in [-0.05, 0) is 18.6 Å². The van der Waals surface area contributed by atoms with Crippen molar-refractivity contribution in [2.45, 2.75) is 25.7 Å². The molecule has 0 amide bonds. The quantitative estimate of drug-likeness (QED) is 0.485. The van der Waals surface area contributed by atoms with Crippen molar-refractivity contribution in [3.8, 4) is 5.75 Å². The fourth-order valence-corrected chi connectivity index (χ4v) is 2.54. The van der Waals surface area contributed by atoms with Gasteiger partial charge in [-0.1, -0.05) is 35.3 Å². The fourth-order valence-electron chi connectivity index (χ4n) is 1.97. The molecule has 0 radical (unpaired) electrons. The third kappa shape index (κ3) is 2.97. The van der Waals surface area contributed by atoms with E-state index in [2.05, 4.69) is 15.9 Å². The Morgan fingerprint density at radius 2 is 2.32 bits per heavy atom. The van der Waals surface area contributed by atoms with Gasteiger partial charge in [0.05, 0.1) is 6.61 Å². The summed E-state index contributed by atoms with van der Waals surface area (Å²) in [6.45, 7) is 2.27. The molecule has 0 fully saturated rings. The van der Waals surface area contributed by atoms with Gasteiger partial charge >= 0.3 is 5.97 Å². The van der Waals surface area contributed by atoms with E-state index in [4.69, 9.17) is 9.47 Å². The molecule has 4 nitrogen and oxygen atoms in total. The Morgan fingerprint density at radius 3 is 3.05 bits per heavy atom. The summed E-state index contributed by atoms with van der Waals surface area (Å²) in [4.78, 5) is 24.0. The number of benzene rings is 1. The van der Waals surface area contributed by atoms with Crippen LogP contribution in [0.3, 0.4) is 0 Å². The highest BCUT2D eigenvalue weighted by atomic mass is 79.9. The van der Waals surface area contributed by atoms with Crippen LogP contribution >= 0.6 is 15.9 Å². The molecule has 102 valence electrons. The molecular weight excluding hydrogens is 312 g/mol. The lowest BCUT2D eigenvalue weighted by Crippen LogP contribution is -2.33. The summed E-state index contributed by atoms with van der Waals surface area (Å²) in [5.74, 6) is -1.07. The summed E-state index contributed by atoms with van der Waals surface area (Å²) in [7, 11) is 0. The average molecular weight is 327 g/mol. The lowest BCUT2D eigenvalue weighted by molar-refractivity contribution is -0.149. The van der Waals surface area contributed by atoms with Gasteiger partial charge in [0.25, 0.3) is 0 Å². The average Bonchev–Trinajstić information content (AvgIpc) is 2.39. The number of Topliss-reactive ketones (excluding diaryl/α,β-unsaturated/α-hetero) is 1. The number of ketones is 1. The highest BCUT2D eigenvalue weighted by Crippen LogP contribution is 2.37. The van der Waals surface area contributed by atoms with E-state index in [1.807, 2.05) is 6.92 Å². The number of rotatable bonds is 4. The number of fused-ring (bicyclic) bond motifs is 1. The van der Waals surface area contributed by atoms with Crippen molar-refractivity contribution in [1.82, 2.24) is 0 Å². The summed E-state index contributed by atoms with van der Waals surface area (Å²) in [5.41, 5.74) is 0.570. The summed E-state index contributed by atoms with van der Waals surface area (Å²) >= 11 is 3.36. The van der Waals surface area contributed by atoms with Crippen LogP contribution < -0.4 is 4.74 Å². The van der Waals surface area contributed by atoms with Crippen LogP contribution in [0.25, 0.3) is 0 Å². The Bertz CT molecular complexity index is 498. The van der Waals surface area contributed by atoms with Crippen molar-refractivity contribution >= 4 is 27.7 Å². The molecule has 1 aromatic carbocycles. The summed E-state index contributed by atoms with van der Waals surface area (Å²) in [6, 6.07) is 5.34. The van der Waals surface area contributed by atoms with Crippen LogP contribution in [0, 0.1) is 0 Å². The van der Waals surface area contributed by atoms with Crippen molar-refractivity contribution in [3.05, 3.63) is 28.2 Å². The molecule has 1 aliphatic rings. The minimum atomic E-state index is -0.879. The summed E-state index contributed by atoms with van der Waals surface area (Å²) < 4.78 is 11.2. The standard InChI is InChI=1S/C14H15BrO4/c1-2-3-7-18-14(17)13-10(16)8-19-11-6-4-5-9(15)12(11)13/h4-6,13H,2-3,7-8H2,1H3. The Kier molecular flexibility index (Phi) is 4.58. The van der Waals surface area contributed by atoms with Gasteiger partial charge in [0.15, 0.2) is 5.78 Å². The summed E-state index contributed by atoms with van der Waals surface area (Å²) in [6.07, 6.45) is 1.74. The van der Waals surface area contributed by atoms with Gasteiger partial charge in [-0.2, -0.15) is 0 Å². The van der Waals surface area contributed by atoms with Gasteiger partial charge < -0.3 is 9.47 Å². The zero-order valence-corrected chi connectivity index (χ0v) is 12.2. The zero-order valence-electron chi connectivity index (χ0n) is 10.6. The van der Waals surface area contributed by atoms with Gasteiger partial charge in [0.1, 0.15) is 18.3 Å². The van der Waals surface area contributed by atoms with E-state index in [0.717, 1.165) is 12.8 Å². The maximum Gasteiger partial charge on any atom is 0.321 e. The normalized spacial score (nSPS) is 17.6. The number of esters is 1. The minimum absolute atomic E-state index is 0.0863. The van der Waals surface area contributed by atoms with Crippen LogP contribution in [0.15, 0.2) is 22.7 Å². The minimum Gasteiger partial charge on any atom is -0.485 e. The van der Waals surface area contributed by atoms with Crippen LogP contribution in [-0.4, -0.2) is 25.0 Å². The molecule has 1 aromatic rings. The first kappa shape index (κ1) is 14.1. The molecule has 1 unspecified atom stereocenters. The third-order valence-electron chi connectivity index (χ3n) is 2.97. The van der Waals surface area contributed by atoms with Crippen LogP contribution in [0.4, 0.5) is 0 Å². The zero-order chi connectivity index (χ0) is 13.8. The molecule has 1 heterocycles. The van der Waals surface area contributed by atoms with Crippen molar-refractivity contribution in [1.29, 1.82) is 0 Å². The molecule has 0 aromatic heterocycles. The second-order valence-electron chi connectivity index (χ2n) is 4.36. The molecule has 1 aliphatic heterocycles. The molecule has 0 spiro atoms. The van der Waals surface area contributed by atoms with Crippen LogP contribution in [0.2, 0.25) is 0 Å². The van der Waals surface area contributed by atoms with Gasteiger partial charge in [0.2, 0.25) is 0 Å². The van der Waals surface area contributed by atoms with E-state index >= 15 is 0 Å². The number of ether oxygens (including phenoxy) is 2. The van der Waals surface area contributed by atoms with Crippen molar-refractivity contribution in [2.24, 2.45) is 0 Å². The molecule has 0 saturated heterocycles. The molecule has 2 rings (SSSR count). The molecule has 0 N–H and O–H groups in total. The van der Waals surface area contributed by atoms with E-state index < -0.39 is 11.9 Å². The molecule has 5 heteroatoms. The van der Waals surface area contributed by atoms with Crippen molar-refractivity contribution < 1.29 is 19.1 Å². The SMILES string of the molecule is CCCCOC(=O)C1C(=O)COc2cccc(Br)c21. The molecule has 0 bridgehead atoms. The van der Waals surface area contributed by atoms with Gasteiger partial charge in [-0.25, -0.2) is 0 Å². The predicted octanol–water partition coefficient (Wildman–Crippen LogP) is 2.84. The van der Waals surface area contributed by atoms with Gasteiger partial charge in [0, 0.05) is 10.0 Å². The number of halogens is 1. The maximum absolute atomic E-state index is 12.1. The molecule has 0 aliphatic carbocycles. The first-order valence-corrected chi connectivity index (χ1v) is 7.05. The largest absolute Gasteiger partial charge is 0.485 e. The topological polar surface area (TPSA) is 52.6 Å². The third-order valence-corrected chi connectivity index (χ3v) is 3.66. The lowest BCUT2D eigenvalue weighted by atomic mass is 9.92. The van der Waals surface area contributed by atoms with Crippen LogP contribution in [-0.2, 0) is 14.3 Å². The summed E-state index contributed by atoms with van der Waals surface area (Å²) in [5, 5.41) is 0. The van der Waals surface area contributed by atoms with Gasteiger partial charge in [-0.3, -0.25) is 9.59 Å². The number of unbranched alkanes of at least 4 members (excludes halogenated alkanes) is 1. The van der Waals surface area contributed by atoms with Gasteiger partial charge in [-0.15, -0.1) is 0 Å². The smallest absolute Gasteiger partial charge is 0.321 e. The first-order chi connectivity index (χ1) is 9.15. The highest BCUT2D eigenvalue weighted by molar-refractivity contribution is 9.10. The van der Waals surface area contributed by atoms with E-state index in [1.165, 1.54) is 0 Å². The van der Waals surface area contributed by atoms with E-state index in [1.54, 1.807) is 18.2 Å². The maximum atomic E-state index is 12.1. The van der Waals surface area contributed by atoms with E-state index in [9.17, 15) is 9.59 Å². The molecular formula is C14H15BrO4. The monoisotopic (exact) mass is 326 g/mol. The first-order valence-electron chi connectivity index (χ1n) is 6.25. The molecule has 19 heavy (non-hydrogen) atoms. The number of hydrogen-bond donors (Lipinski definition) is 0. The van der Waals surface area contributed by atoms with E-state index in [0.29, 0.717) is 22.4 Å². The van der Waals surface area contributed by atoms with Crippen molar-refractivity contribution in [3.63, 3.8) is 0 Å². The second kappa shape index (κ2) is 6.19. The number of carbonyl (C=O) groups is 2. The van der Waals surface area contributed by atoms with Crippen LogP contribution in [0.1, 0.15) is 31.2 Å². The number of carbonyl (C=O) groups excluding carboxylic acids is 2. The lowest BCUT2D eigenvalue weighted by Gasteiger charge is -2.24. The number of hydrogen-bond acceptors (Lipinski definition) is 4. The predicted molar refractivity (Wildman–Crippen MR) is 73.3 cm³/mol. The Morgan fingerprint density at radius 1 is 1.53 bits per heavy atom. The van der Waals surface area contributed by atoms with E-state index in [-0.39, 0.29) is 12.4 Å². The second-order valence-corrected chi connectivity index (χ2v) is 5.22. The van der Waals surface area contributed by atoms with Crippen molar-refractivity contribution in [2.75, 3.05) is 13.2 Å². The molecule has 0 saturated carbocycles. The van der Waals surface area contributed by atoms with Crippen LogP contribution in [0.5, 0.6) is 5.75 Å². The Hall–Kier alpha value is -1.36. The Labute approximate surface area is 120 Å². The highest BCUT2D eigenvalue weighted by Gasteiger charge is 2.37. The fraction of sp³-hybridized carbons (Fsp3) is 0.429.